The van der Waals surface area contributed by atoms with Crippen molar-refractivity contribution in [2.75, 3.05) is 7.11 Å². The summed E-state index contributed by atoms with van der Waals surface area (Å²) in [6.45, 7) is 5.59. The second kappa shape index (κ2) is 4.50. The van der Waals surface area contributed by atoms with E-state index in [0.29, 0.717) is 11.5 Å². The molecule has 0 fully saturated rings. The molecule has 0 aliphatic rings. The predicted molar refractivity (Wildman–Crippen MR) is 57.9 cm³/mol. The van der Waals surface area contributed by atoms with Crippen LogP contribution in [0.5, 0.6) is 11.5 Å². The number of hydrogen-bond acceptors (Lipinski definition) is 3. The maximum atomic E-state index is 10.7. The highest BCUT2D eigenvalue weighted by Gasteiger charge is 2.08. The lowest BCUT2D eigenvalue weighted by atomic mass is 10.1. The topological polar surface area (TPSA) is 61.6 Å². The number of primary amides is 1. The number of rotatable bonds is 3. The van der Waals surface area contributed by atoms with Crippen LogP contribution < -0.4 is 15.2 Å². The van der Waals surface area contributed by atoms with Gasteiger partial charge in [0.2, 0.25) is 0 Å². The Balaban J connectivity index is 3.16. The van der Waals surface area contributed by atoms with Gasteiger partial charge < -0.3 is 15.2 Å². The first-order chi connectivity index (χ1) is 7.04. The summed E-state index contributed by atoms with van der Waals surface area (Å²) >= 11 is 0. The van der Waals surface area contributed by atoms with E-state index in [0.717, 1.165) is 11.1 Å². The second-order valence-corrected chi connectivity index (χ2v) is 3.06. The van der Waals surface area contributed by atoms with E-state index in [1.54, 1.807) is 18.2 Å². The lowest BCUT2D eigenvalue weighted by Crippen LogP contribution is -2.17. The van der Waals surface area contributed by atoms with Crippen molar-refractivity contribution < 1.29 is 14.3 Å². The zero-order valence-corrected chi connectivity index (χ0v) is 8.74. The van der Waals surface area contributed by atoms with E-state index >= 15 is 0 Å². The van der Waals surface area contributed by atoms with Crippen molar-refractivity contribution >= 4 is 11.7 Å². The van der Waals surface area contributed by atoms with Gasteiger partial charge in [0.15, 0.2) is 0 Å². The highest BCUT2D eigenvalue weighted by Crippen LogP contribution is 2.29. The lowest BCUT2D eigenvalue weighted by molar-refractivity contribution is 0.210. The Labute approximate surface area is 88.3 Å². The zero-order valence-electron chi connectivity index (χ0n) is 8.74. The molecule has 1 amide bonds. The van der Waals surface area contributed by atoms with Gasteiger partial charge in [-0.2, -0.15) is 0 Å². The molecule has 1 aromatic carbocycles. The molecular weight excluding hydrogens is 194 g/mol. The Kier molecular flexibility index (Phi) is 3.33. The van der Waals surface area contributed by atoms with Crippen molar-refractivity contribution in [2.45, 2.75) is 6.92 Å². The molecule has 0 spiro atoms. The lowest BCUT2D eigenvalue weighted by Gasteiger charge is -2.09. The first-order valence-corrected chi connectivity index (χ1v) is 4.36. The number of amides is 1. The van der Waals surface area contributed by atoms with Crippen LogP contribution in [-0.2, 0) is 0 Å². The molecule has 0 aliphatic carbocycles. The van der Waals surface area contributed by atoms with Crippen LogP contribution in [0.2, 0.25) is 0 Å². The van der Waals surface area contributed by atoms with Crippen LogP contribution in [0, 0.1) is 0 Å². The van der Waals surface area contributed by atoms with E-state index in [1.165, 1.54) is 7.11 Å². The molecule has 0 unspecified atom stereocenters. The molecule has 0 radical (unpaired) electrons. The van der Waals surface area contributed by atoms with Crippen molar-refractivity contribution in [3.05, 3.63) is 30.3 Å². The van der Waals surface area contributed by atoms with Crippen LogP contribution in [0.1, 0.15) is 12.5 Å². The Bertz CT molecular complexity index is 399. The van der Waals surface area contributed by atoms with Crippen molar-refractivity contribution in [1.29, 1.82) is 0 Å². The summed E-state index contributed by atoms with van der Waals surface area (Å²) in [5.41, 5.74) is 6.47. The quantitative estimate of drug-likeness (QED) is 0.826. The highest BCUT2D eigenvalue weighted by atomic mass is 16.5. The van der Waals surface area contributed by atoms with Gasteiger partial charge in [-0.05, 0) is 24.6 Å². The van der Waals surface area contributed by atoms with Crippen LogP contribution in [-0.4, -0.2) is 13.2 Å². The summed E-state index contributed by atoms with van der Waals surface area (Å²) in [4.78, 5) is 10.7. The van der Waals surface area contributed by atoms with E-state index < -0.39 is 6.09 Å². The molecule has 0 heterocycles. The minimum absolute atomic E-state index is 0.356. The van der Waals surface area contributed by atoms with Crippen LogP contribution >= 0.6 is 0 Å². The Morgan fingerprint density at radius 1 is 1.47 bits per heavy atom. The number of methoxy groups -OCH3 is 1. The summed E-state index contributed by atoms with van der Waals surface area (Å²) in [5.74, 6) is 0.950. The molecule has 0 atom stereocenters. The monoisotopic (exact) mass is 207 g/mol. The Hall–Kier alpha value is -1.97. The molecular formula is C11H13NO3. The average Bonchev–Trinajstić information content (AvgIpc) is 2.16. The molecule has 0 saturated carbocycles. The molecule has 0 bridgehead atoms. The SMILES string of the molecule is C=C(C)c1ccc(OC)cc1OC(N)=O. The third-order valence-electron chi connectivity index (χ3n) is 1.86. The maximum Gasteiger partial charge on any atom is 0.409 e. The van der Waals surface area contributed by atoms with Crippen LogP contribution in [0.15, 0.2) is 24.8 Å². The molecule has 4 heteroatoms. The molecule has 2 N–H and O–H groups in total. The molecule has 1 rings (SSSR count). The van der Waals surface area contributed by atoms with E-state index in [9.17, 15) is 4.79 Å². The second-order valence-electron chi connectivity index (χ2n) is 3.06. The van der Waals surface area contributed by atoms with Gasteiger partial charge in [-0.25, -0.2) is 4.79 Å². The van der Waals surface area contributed by atoms with Gasteiger partial charge in [0.25, 0.3) is 0 Å². The minimum atomic E-state index is -0.856. The van der Waals surface area contributed by atoms with Crippen molar-refractivity contribution in [1.82, 2.24) is 0 Å². The molecule has 15 heavy (non-hydrogen) atoms. The van der Waals surface area contributed by atoms with Crippen LogP contribution in [0.25, 0.3) is 5.57 Å². The predicted octanol–water partition coefficient (Wildman–Crippen LogP) is 2.19. The van der Waals surface area contributed by atoms with Gasteiger partial charge in [-0.15, -0.1) is 0 Å². The van der Waals surface area contributed by atoms with Gasteiger partial charge >= 0.3 is 6.09 Å². The molecule has 0 aliphatic heterocycles. The van der Waals surface area contributed by atoms with E-state index in [-0.39, 0.29) is 0 Å². The number of benzene rings is 1. The Morgan fingerprint density at radius 3 is 2.60 bits per heavy atom. The number of carbonyl (C=O) groups is 1. The minimum Gasteiger partial charge on any atom is -0.497 e. The largest absolute Gasteiger partial charge is 0.497 e. The van der Waals surface area contributed by atoms with E-state index in [1.807, 2.05) is 6.92 Å². The summed E-state index contributed by atoms with van der Waals surface area (Å²) in [7, 11) is 1.53. The summed E-state index contributed by atoms with van der Waals surface area (Å²) in [6, 6.07) is 5.12. The summed E-state index contributed by atoms with van der Waals surface area (Å²) in [5, 5.41) is 0. The van der Waals surface area contributed by atoms with Crippen molar-refractivity contribution in [3.63, 3.8) is 0 Å². The van der Waals surface area contributed by atoms with Gasteiger partial charge in [-0.3, -0.25) is 0 Å². The summed E-state index contributed by atoms with van der Waals surface area (Å²) < 4.78 is 9.86. The number of nitrogens with two attached hydrogens (primary N) is 1. The van der Waals surface area contributed by atoms with Gasteiger partial charge in [0, 0.05) is 11.6 Å². The van der Waals surface area contributed by atoms with Gasteiger partial charge in [0.05, 0.1) is 7.11 Å². The Morgan fingerprint density at radius 2 is 2.13 bits per heavy atom. The zero-order chi connectivity index (χ0) is 11.4. The highest BCUT2D eigenvalue weighted by molar-refractivity contribution is 5.74. The van der Waals surface area contributed by atoms with Crippen LogP contribution in [0.4, 0.5) is 4.79 Å². The number of carbonyl (C=O) groups excluding carboxylic acids is 1. The fraction of sp³-hybridized carbons (Fsp3) is 0.182. The third kappa shape index (κ3) is 2.74. The smallest absolute Gasteiger partial charge is 0.409 e. The normalized spacial score (nSPS) is 9.47. The van der Waals surface area contributed by atoms with Crippen molar-refractivity contribution in [2.24, 2.45) is 5.73 Å². The number of ether oxygens (including phenoxy) is 2. The van der Waals surface area contributed by atoms with Gasteiger partial charge in [0.1, 0.15) is 11.5 Å². The van der Waals surface area contributed by atoms with E-state index in [4.69, 9.17) is 15.2 Å². The molecule has 0 aromatic heterocycles. The molecule has 80 valence electrons. The number of allylic oxidation sites excluding steroid dienone is 1. The third-order valence-corrected chi connectivity index (χ3v) is 1.86. The first kappa shape index (κ1) is 11.1. The molecule has 4 nitrogen and oxygen atoms in total. The standard InChI is InChI=1S/C11H13NO3/c1-7(2)9-5-4-8(14-3)6-10(9)15-11(12)13/h4-6H,1H2,2-3H3,(H2,12,13). The van der Waals surface area contributed by atoms with E-state index in [2.05, 4.69) is 6.58 Å². The van der Waals surface area contributed by atoms with Crippen molar-refractivity contribution in [3.8, 4) is 11.5 Å². The van der Waals surface area contributed by atoms with Crippen LogP contribution in [0.3, 0.4) is 0 Å². The van der Waals surface area contributed by atoms with Gasteiger partial charge in [-0.1, -0.05) is 6.58 Å². The average molecular weight is 207 g/mol. The maximum absolute atomic E-state index is 10.7. The fourth-order valence-corrected chi connectivity index (χ4v) is 1.18. The first-order valence-electron chi connectivity index (χ1n) is 4.36. The fourth-order valence-electron chi connectivity index (χ4n) is 1.18. The summed E-state index contributed by atoms with van der Waals surface area (Å²) in [6.07, 6.45) is -0.856. The number of hydrogen-bond donors (Lipinski definition) is 1. The molecule has 1 aromatic rings. The molecule has 0 saturated heterocycles.